The zero-order valence-corrected chi connectivity index (χ0v) is 15.9. The van der Waals surface area contributed by atoms with Gasteiger partial charge in [0.2, 0.25) is 5.95 Å². The van der Waals surface area contributed by atoms with Crippen LogP contribution < -0.4 is 15.4 Å². The molecule has 2 N–H and O–H groups in total. The van der Waals surface area contributed by atoms with Crippen molar-refractivity contribution in [3.05, 3.63) is 83.7 Å². The van der Waals surface area contributed by atoms with Gasteiger partial charge in [0.25, 0.3) is 5.91 Å². The molecule has 0 aliphatic carbocycles. The number of hydrogen-bond donors (Lipinski definition) is 2. The molecule has 0 unspecified atom stereocenters. The van der Waals surface area contributed by atoms with Crippen LogP contribution >= 0.6 is 0 Å². The van der Waals surface area contributed by atoms with E-state index in [9.17, 15) is 4.79 Å². The first-order valence-electron chi connectivity index (χ1n) is 9.25. The number of carbonyl (C=O) groups is 1. The molecule has 0 aliphatic heterocycles. The third kappa shape index (κ3) is 5.81. The van der Waals surface area contributed by atoms with Gasteiger partial charge in [-0.15, -0.1) is 0 Å². The maximum Gasteiger partial charge on any atom is 0.254 e. The Hall–Kier alpha value is -3.41. The van der Waals surface area contributed by atoms with E-state index in [1.54, 1.807) is 7.11 Å². The maximum atomic E-state index is 12.2. The fourth-order valence-electron chi connectivity index (χ4n) is 2.70. The maximum absolute atomic E-state index is 12.2. The van der Waals surface area contributed by atoms with Crippen LogP contribution in [0.25, 0.3) is 0 Å². The molecule has 6 nitrogen and oxygen atoms in total. The Labute approximate surface area is 165 Å². The normalized spacial score (nSPS) is 10.3. The molecule has 0 saturated heterocycles. The quantitative estimate of drug-likeness (QED) is 0.559. The van der Waals surface area contributed by atoms with Gasteiger partial charge in [-0.05, 0) is 36.1 Å². The number of aryl methyl sites for hydroxylation is 1. The van der Waals surface area contributed by atoms with Gasteiger partial charge in [0, 0.05) is 25.5 Å². The van der Waals surface area contributed by atoms with Crippen molar-refractivity contribution in [1.29, 1.82) is 0 Å². The molecule has 28 heavy (non-hydrogen) atoms. The first-order valence-corrected chi connectivity index (χ1v) is 9.25. The molecule has 1 amide bonds. The van der Waals surface area contributed by atoms with Crippen LogP contribution in [0.3, 0.4) is 0 Å². The molecule has 0 atom stereocenters. The van der Waals surface area contributed by atoms with Crippen LogP contribution in [0, 0.1) is 0 Å². The van der Waals surface area contributed by atoms with Crippen molar-refractivity contribution in [3.8, 4) is 5.75 Å². The third-order valence-electron chi connectivity index (χ3n) is 4.29. The van der Waals surface area contributed by atoms with Gasteiger partial charge in [-0.2, -0.15) is 0 Å². The highest BCUT2D eigenvalue weighted by Crippen LogP contribution is 2.11. The van der Waals surface area contributed by atoms with Crippen LogP contribution in [0.15, 0.2) is 67.0 Å². The standard InChI is InChI=1S/C22H24N4O2/c1-28-20-11-9-18(10-12-20)14-24-21(27)19-15-25-22(26-16-19)23-13-5-8-17-6-3-2-4-7-17/h2-4,6-7,9-12,15-16H,5,8,13-14H2,1H3,(H,24,27)(H,23,25,26). The molecule has 3 aromatic rings. The van der Waals surface area contributed by atoms with Crippen LogP contribution in [-0.4, -0.2) is 29.5 Å². The van der Waals surface area contributed by atoms with Gasteiger partial charge in [-0.25, -0.2) is 9.97 Å². The summed E-state index contributed by atoms with van der Waals surface area (Å²) >= 11 is 0. The summed E-state index contributed by atoms with van der Waals surface area (Å²) in [6, 6.07) is 17.9. The first-order chi connectivity index (χ1) is 13.7. The van der Waals surface area contributed by atoms with Gasteiger partial charge in [0.1, 0.15) is 5.75 Å². The molecular formula is C22H24N4O2. The van der Waals surface area contributed by atoms with E-state index in [0.717, 1.165) is 30.7 Å². The smallest absolute Gasteiger partial charge is 0.254 e. The van der Waals surface area contributed by atoms with Crippen molar-refractivity contribution >= 4 is 11.9 Å². The molecular weight excluding hydrogens is 352 g/mol. The average Bonchev–Trinajstić information content (AvgIpc) is 2.76. The summed E-state index contributed by atoms with van der Waals surface area (Å²) in [6.07, 6.45) is 5.06. The number of methoxy groups -OCH3 is 1. The zero-order valence-electron chi connectivity index (χ0n) is 15.9. The molecule has 2 aromatic carbocycles. The molecule has 0 bridgehead atoms. The van der Waals surface area contributed by atoms with Crippen LogP contribution in [0.5, 0.6) is 5.75 Å². The van der Waals surface area contributed by atoms with E-state index in [4.69, 9.17) is 4.74 Å². The molecule has 6 heteroatoms. The Morgan fingerprint density at radius 2 is 1.68 bits per heavy atom. The van der Waals surface area contributed by atoms with E-state index in [1.807, 2.05) is 42.5 Å². The summed E-state index contributed by atoms with van der Waals surface area (Å²) < 4.78 is 5.12. The van der Waals surface area contributed by atoms with Crippen molar-refractivity contribution in [2.24, 2.45) is 0 Å². The number of ether oxygens (including phenoxy) is 1. The predicted molar refractivity (Wildman–Crippen MR) is 109 cm³/mol. The molecule has 0 spiro atoms. The lowest BCUT2D eigenvalue weighted by atomic mass is 10.1. The van der Waals surface area contributed by atoms with Gasteiger partial charge in [-0.3, -0.25) is 4.79 Å². The molecule has 0 fully saturated rings. The molecule has 1 heterocycles. The number of anilines is 1. The van der Waals surface area contributed by atoms with Crippen molar-refractivity contribution in [2.75, 3.05) is 19.0 Å². The number of nitrogens with one attached hydrogen (secondary N) is 2. The Bertz CT molecular complexity index is 865. The predicted octanol–water partition coefficient (Wildman–Crippen LogP) is 3.46. The minimum Gasteiger partial charge on any atom is -0.497 e. The van der Waals surface area contributed by atoms with E-state index < -0.39 is 0 Å². The summed E-state index contributed by atoms with van der Waals surface area (Å²) in [4.78, 5) is 20.7. The highest BCUT2D eigenvalue weighted by molar-refractivity contribution is 5.93. The average molecular weight is 376 g/mol. The number of rotatable bonds is 9. The number of hydrogen-bond acceptors (Lipinski definition) is 5. The van der Waals surface area contributed by atoms with Crippen molar-refractivity contribution in [1.82, 2.24) is 15.3 Å². The highest BCUT2D eigenvalue weighted by Gasteiger charge is 2.07. The van der Waals surface area contributed by atoms with Crippen molar-refractivity contribution < 1.29 is 9.53 Å². The zero-order chi connectivity index (χ0) is 19.6. The minimum atomic E-state index is -0.202. The van der Waals surface area contributed by atoms with E-state index in [-0.39, 0.29) is 5.91 Å². The summed E-state index contributed by atoms with van der Waals surface area (Å²) in [5.74, 6) is 1.11. The van der Waals surface area contributed by atoms with Crippen LogP contribution in [-0.2, 0) is 13.0 Å². The largest absolute Gasteiger partial charge is 0.497 e. The van der Waals surface area contributed by atoms with Gasteiger partial charge < -0.3 is 15.4 Å². The van der Waals surface area contributed by atoms with Crippen LogP contribution in [0.1, 0.15) is 27.9 Å². The number of carbonyl (C=O) groups excluding carboxylic acids is 1. The van der Waals surface area contributed by atoms with Gasteiger partial charge in [-0.1, -0.05) is 42.5 Å². The number of benzene rings is 2. The molecule has 0 radical (unpaired) electrons. The van der Waals surface area contributed by atoms with Crippen LogP contribution in [0.2, 0.25) is 0 Å². The number of amides is 1. The Morgan fingerprint density at radius 1 is 0.964 bits per heavy atom. The third-order valence-corrected chi connectivity index (χ3v) is 4.29. The summed E-state index contributed by atoms with van der Waals surface area (Å²) in [5.41, 5.74) is 2.74. The lowest BCUT2D eigenvalue weighted by molar-refractivity contribution is 0.0950. The van der Waals surface area contributed by atoms with E-state index >= 15 is 0 Å². The monoisotopic (exact) mass is 376 g/mol. The van der Waals surface area contributed by atoms with Gasteiger partial charge in [0.05, 0.1) is 12.7 Å². The Kier molecular flexibility index (Phi) is 6.95. The van der Waals surface area contributed by atoms with Crippen molar-refractivity contribution in [3.63, 3.8) is 0 Å². The fraction of sp³-hybridized carbons (Fsp3) is 0.227. The first kappa shape index (κ1) is 19.4. The van der Waals surface area contributed by atoms with Gasteiger partial charge >= 0.3 is 0 Å². The fourth-order valence-corrected chi connectivity index (χ4v) is 2.70. The second-order valence-corrected chi connectivity index (χ2v) is 6.34. The van der Waals surface area contributed by atoms with Crippen molar-refractivity contribution in [2.45, 2.75) is 19.4 Å². The van der Waals surface area contributed by atoms with Gasteiger partial charge in [0.15, 0.2) is 0 Å². The minimum absolute atomic E-state index is 0.202. The summed E-state index contributed by atoms with van der Waals surface area (Å²) in [7, 11) is 1.62. The summed E-state index contributed by atoms with van der Waals surface area (Å²) in [5, 5.41) is 6.05. The Balaban J connectivity index is 1.41. The molecule has 144 valence electrons. The highest BCUT2D eigenvalue weighted by atomic mass is 16.5. The lowest BCUT2D eigenvalue weighted by Gasteiger charge is -2.07. The van der Waals surface area contributed by atoms with E-state index in [1.165, 1.54) is 18.0 Å². The molecule has 1 aromatic heterocycles. The van der Waals surface area contributed by atoms with E-state index in [2.05, 4.69) is 32.7 Å². The van der Waals surface area contributed by atoms with E-state index in [0.29, 0.717) is 18.1 Å². The number of nitrogens with zero attached hydrogens (tertiary/aromatic N) is 2. The second-order valence-electron chi connectivity index (χ2n) is 6.34. The SMILES string of the molecule is COc1ccc(CNC(=O)c2cnc(NCCCc3ccccc3)nc2)cc1. The topological polar surface area (TPSA) is 76.1 Å². The summed E-state index contributed by atoms with van der Waals surface area (Å²) in [6.45, 7) is 1.21. The Morgan fingerprint density at radius 3 is 2.36 bits per heavy atom. The molecule has 0 saturated carbocycles. The van der Waals surface area contributed by atoms with Crippen LogP contribution in [0.4, 0.5) is 5.95 Å². The molecule has 0 aliphatic rings. The molecule has 3 rings (SSSR count). The lowest BCUT2D eigenvalue weighted by Crippen LogP contribution is -2.23. The number of aromatic nitrogens is 2. The second kappa shape index (κ2) is 10.1.